The molecule has 0 spiro atoms. The minimum atomic E-state index is -0.543. The number of amides is 2. The first kappa shape index (κ1) is 15.9. The van der Waals surface area contributed by atoms with Crippen LogP contribution in [0.4, 0.5) is 4.79 Å². The maximum absolute atomic E-state index is 12.4. The summed E-state index contributed by atoms with van der Waals surface area (Å²) in [6.45, 7) is 1.80. The molecular formula is C17H26N4O3. The summed E-state index contributed by atoms with van der Waals surface area (Å²) in [7, 11) is 0. The number of nitrogens with one attached hydrogen (secondary N) is 1. The number of nitrogens with zero attached hydrogens (tertiary/aromatic N) is 3. The molecule has 3 fully saturated rings. The van der Waals surface area contributed by atoms with Gasteiger partial charge < -0.3 is 19.8 Å². The van der Waals surface area contributed by atoms with Crippen LogP contribution in [-0.4, -0.2) is 51.4 Å². The van der Waals surface area contributed by atoms with E-state index < -0.39 is 5.60 Å². The minimum absolute atomic E-state index is 0.0477. The molecule has 1 aromatic heterocycles. The average Bonchev–Trinajstić information content (AvgIpc) is 3.33. The maximum Gasteiger partial charge on any atom is 0.317 e. The van der Waals surface area contributed by atoms with Crippen LogP contribution in [0.5, 0.6) is 0 Å². The highest BCUT2D eigenvalue weighted by molar-refractivity contribution is 5.74. The first-order chi connectivity index (χ1) is 11.6. The van der Waals surface area contributed by atoms with Gasteiger partial charge in [-0.05, 0) is 32.1 Å². The van der Waals surface area contributed by atoms with Crippen molar-refractivity contribution in [2.45, 2.75) is 62.9 Å². The van der Waals surface area contributed by atoms with E-state index in [4.69, 9.17) is 4.52 Å². The number of urea groups is 1. The number of rotatable bonds is 4. The second kappa shape index (κ2) is 6.35. The second-order valence-corrected chi connectivity index (χ2v) is 7.55. The molecule has 7 nitrogen and oxygen atoms in total. The van der Waals surface area contributed by atoms with Gasteiger partial charge in [0.25, 0.3) is 0 Å². The van der Waals surface area contributed by atoms with Crippen LogP contribution in [0, 0.1) is 5.92 Å². The zero-order chi connectivity index (χ0) is 16.6. The summed E-state index contributed by atoms with van der Waals surface area (Å²) in [5.41, 5.74) is -0.543. The van der Waals surface area contributed by atoms with E-state index in [1.54, 1.807) is 0 Å². The Kier molecular flexibility index (Phi) is 4.20. The van der Waals surface area contributed by atoms with E-state index in [2.05, 4.69) is 15.5 Å². The van der Waals surface area contributed by atoms with E-state index in [1.165, 1.54) is 0 Å². The average molecular weight is 334 g/mol. The summed E-state index contributed by atoms with van der Waals surface area (Å²) >= 11 is 0. The van der Waals surface area contributed by atoms with Crippen LogP contribution in [0.3, 0.4) is 0 Å². The van der Waals surface area contributed by atoms with Crippen molar-refractivity contribution in [1.82, 2.24) is 20.4 Å². The van der Waals surface area contributed by atoms with E-state index in [0.717, 1.165) is 44.4 Å². The summed E-state index contributed by atoms with van der Waals surface area (Å²) in [5.74, 6) is 2.09. The number of carbonyl (C=O) groups excluding carboxylic acids is 1. The largest absolute Gasteiger partial charge is 0.389 e. The highest BCUT2D eigenvalue weighted by atomic mass is 16.5. The zero-order valence-corrected chi connectivity index (χ0v) is 14.0. The van der Waals surface area contributed by atoms with Gasteiger partial charge in [0, 0.05) is 37.9 Å². The lowest BCUT2D eigenvalue weighted by Crippen LogP contribution is -2.56. The molecule has 3 aliphatic rings. The number of piperidine rings is 1. The third-order valence-electron chi connectivity index (χ3n) is 5.75. The van der Waals surface area contributed by atoms with Crippen molar-refractivity contribution in [1.29, 1.82) is 0 Å². The third-order valence-corrected chi connectivity index (χ3v) is 5.75. The molecular weight excluding hydrogens is 308 g/mol. The van der Waals surface area contributed by atoms with Crippen molar-refractivity contribution in [3.05, 3.63) is 11.7 Å². The van der Waals surface area contributed by atoms with Crippen LogP contribution >= 0.6 is 0 Å². The molecule has 4 rings (SSSR count). The fourth-order valence-corrected chi connectivity index (χ4v) is 4.01. The molecule has 2 amide bonds. The molecule has 2 heterocycles. The molecule has 1 aliphatic heterocycles. The van der Waals surface area contributed by atoms with E-state index in [0.29, 0.717) is 44.2 Å². The molecule has 2 N–H and O–H groups in total. The highest BCUT2D eigenvalue weighted by Gasteiger charge is 2.43. The Balaban J connectivity index is 1.24. The Morgan fingerprint density at radius 3 is 3.04 bits per heavy atom. The van der Waals surface area contributed by atoms with Crippen LogP contribution < -0.4 is 5.32 Å². The molecule has 1 saturated heterocycles. The van der Waals surface area contributed by atoms with E-state index in [9.17, 15) is 9.90 Å². The topological polar surface area (TPSA) is 91.5 Å². The Labute approximate surface area is 141 Å². The van der Waals surface area contributed by atoms with E-state index >= 15 is 0 Å². The van der Waals surface area contributed by atoms with Gasteiger partial charge in [0.05, 0.1) is 5.60 Å². The molecule has 0 aromatic carbocycles. The molecule has 2 aliphatic carbocycles. The van der Waals surface area contributed by atoms with Crippen LogP contribution in [0.25, 0.3) is 0 Å². The van der Waals surface area contributed by atoms with Gasteiger partial charge in [0.2, 0.25) is 5.89 Å². The van der Waals surface area contributed by atoms with E-state index in [-0.39, 0.29) is 11.9 Å². The fraction of sp³-hybridized carbons (Fsp3) is 0.824. The normalized spacial score (nSPS) is 30.0. The second-order valence-electron chi connectivity index (χ2n) is 7.55. The lowest BCUT2D eigenvalue weighted by atomic mass is 9.71. The monoisotopic (exact) mass is 334 g/mol. The molecule has 7 heteroatoms. The van der Waals surface area contributed by atoms with Crippen LogP contribution in [0.2, 0.25) is 0 Å². The van der Waals surface area contributed by atoms with Gasteiger partial charge in [0.1, 0.15) is 0 Å². The molecule has 132 valence electrons. The predicted octanol–water partition coefficient (Wildman–Crippen LogP) is 1.83. The number of likely N-dealkylation sites (tertiary alicyclic amines) is 1. The van der Waals surface area contributed by atoms with Crippen LogP contribution in [0.15, 0.2) is 4.52 Å². The van der Waals surface area contributed by atoms with Crippen LogP contribution in [-0.2, 0) is 6.42 Å². The van der Waals surface area contributed by atoms with Gasteiger partial charge in [0.15, 0.2) is 5.82 Å². The van der Waals surface area contributed by atoms with Gasteiger partial charge in [-0.25, -0.2) is 4.79 Å². The van der Waals surface area contributed by atoms with Crippen molar-refractivity contribution in [3.63, 3.8) is 0 Å². The van der Waals surface area contributed by atoms with E-state index in [1.807, 2.05) is 4.90 Å². The molecule has 0 bridgehead atoms. The summed E-state index contributed by atoms with van der Waals surface area (Å²) in [6.07, 6.45) is 7.73. The summed E-state index contributed by atoms with van der Waals surface area (Å²) in [6, 6.07) is -0.0477. The number of aromatic nitrogens is 2. The molecule has 1 aromatic rings. The van der Waals surface area contributed by atoms with Crippen molar-refractivity contribution < 1.29 is 14.4 Å². The fourth-order valence-electron chi connectivity index (χ4n) is 4.01. The van der Waals surface area contributed by atoms with Crippen molar-refractivity contribution >= 4 is 6.03 Å². The molecule has 0 radical (unpaired) electrons. The van der Waals surface area contributed by atoms with Gasteiger partial charge in [-0.2, -0.15) is 4.98 Å². The number of hydrogen-bond acceptors (Lipinski definition) is 5. The lowest BCUT2D eigenvalue weighted by molar-refractivity contribution is -0.0870. The molecule has 24 heavy (non-hydrogen) atoms. The first-order valence-corrected chi connectivity index (χ1v) is 9.22. The zero-order valence-electron chi connectivity index (χ0n) is 14.0. The number of aliphatic hydroxyl groups is 1. The van der Waals surface area contributed by atoms with Crippen molar-refractivity contribution in [2.24, 2.45) is 5.92 Å². The standard InChI is InChI=1S/C17H26N4O3/c22-16(18-9-6-14-19-15(24-20-14)12-4-5-12)21-10-8-17(23)7-2-1-3-13(17)11-21/h12-13,23H,1-11H2,(H,18,22)/t13-,17-/m0/s1. The lowest BCUT2D eigenvalue weighted by Gasteiger charge is -2.47. The maximum atomic E-state index is 12.4. The third kappa shape index (κ3) is 3.27. The van der Waals surface area contributed by atoms with Gasteiger partial charge >= 0.3 is 6.03 Å². The quantitative estimate of drug-likeness (QED) is 0.876. The number of hydrogen-bond donors (Lipinski definition) is 2. The van der Waals surface area contributed by atoms with Crippen molar-refractivity contribution in [2.75, 3.05) is 19.6 Å². The Bertz CT molecular complexity index is 600. The predicted molar refractivity (Wildman–Crippen MR) is 86.5 cm³/mol. The highest BCUT2D eigenvalue weighted by Crippen LogP contribution is 2.40. The molecule has 2 saturated carbocycles. The summed E-state index contributed by atoms with van der Waals surface area (Å²) < 4.78 is 5.22. The van der Waals surface area contributed by atoms with Gasteiger partial charge in [-0.3, -0.25) is 0 Å². The minimum Gasteiger partial charge on any atom is -0.389 e. The van der Waals surface area contributed by atoms with Crippen molar-refractivity contribution in [3.8, 4) is 0 Å². The molecule has 0 unspecified atom stereocenters. The number of fused-ring (bicyclic) bond motifs is 1. The molecule has 2 atom stereocenters. The van der Waals surface area contributed by atoms with Gasteiger partial charge in [-0.15, -0.1) is 0 Å². The summed E-state index contributed by atoms with van der Waals surface area (Å²) in [4.78, 5) is 18.6. The summed E-state index contributed by atoms with van der Waals surface area (Å²) in [5, 5.41) is 17.6. The van der Waals surface area contributed by atoms with Gasteiger partial charge in [-0.1, -0.05) is 18.0 Å². The van der Waals surface area contributed by atoms with Crippen LogP contribution in [0.1, 0.15) is 62.6 Å². The Hall–Kier alpha value is -1.63. The Morgan fingerprint density at radius 2 is 2.21 bits per heavy atom. The SMILES string of the molecule is O=C(NCCc1noc(C2CC2)n1)N1CC[C@@]2(O)CCCC[C@H]2C1. The Morgan fingerprint density at radius 1 is 1.33 bits per heavy atom. The smallest absolute Gasteiger partial charge is 0.317 e. The first-order valence-electron chi connectivity index (χ1n) is 9.22. The number of carbonyl (C=O) groups is 1.